The van der Waals surface area contributed by atoms with E-state index in [0.717, 1.165) is 0 Å². The molecule has 5 heteroatoms. The molecule has 0 atom stereocenters. The van der Waals surface area contributed by atoms with E-state index in [4.69, 9.17) is 0 Å². The lowest BCUT2D eigenvalue weighted by Gasteiger charge is -2.02. The van der Waals surface area contributed by atoms with E-state index in [9.17, 15) is 8.78 Å². The van der Waals surface area contributed by atoms with E-state index in [-0.39, 0.29) is 5.56 Å². The van der Waals surface area contributed by atoms with Crippen molar-refractivity contribution in [1.29, 1.82) is 0 Å². The van der Waals surface area contributed by atoms with E-state index in [0.29, 0.717) is 16.7 Å². The van der Waals surface area contributed by atoms with E-state index in [1.807, 2.05) is 0 Å². The highest BCUT2D eigenvalue weighted by Gasteiger charge is 2.07. The van der Waals surface area contributed by atoms with Crippen molar-refractivity contribution < 1.29 is 8.78 Å². The molecule has 80 valence electrons. The van der Waals surface area contributed by atoms with Gasteiger partial charge in [-0.3, -0.25) is 0 Å². The Morgan fingerprint density at radius 3 is 2.75 bits per heavy atom. The molecule has 16 heavy (non-hydrogen) atoms. The molecule has 0 saturated carbocycles. The maximum Gasteiger partial charge on any atom is 0.263 e. The van der Waals surface area contributed by atoms with Crippen molar-refractivity contribution in [2.24, 2.45) is 4.99 Å². The molecule has 0 aliphatic rings. The van der Waals surface area contributed by atoms with Crippen LogP contribution in [0.2, 0.25) is 0 Å². The quantitative estimate of drug-likeness (QED) is 0.583. The monoisotopic (exact) mass is 236 g/mol. The van der Waals surface area contributed by atoms with Crippen LogP contribution >= 0.6 is 12.2 Å². The van der Waals surface area contributed by atoms with Gasteiger partial charge >= 0.3 is 0 Å². The predicted octanol–water partition coefficient (Wildman–Crippen LogP) is 3.91. The van der Waals surface area contributed by atoms with E-state index in [1.54, 1.807) is 18.2 Å². The molecule has 0 amide bonds. The molecule has 2 aromatic rings. The first kappa shape index (κ1) is 10.8. The Labute approximate surface area is 95.6 Å². The fraction of sp³-hybridized carbons (Fsp3) is 0.0909. The van der Waals surface area contributed by atoms with Crippen molar-refractivity contribution in [2.45, 2.75) is 6.43 Å². The standard InChI is InChI=1S/C11H6F2N2S/c12-11(13)8-1-3-9-7(5-8)2-4-10(15-9)14-6-16/h1-5,11H. The van der Waals surface area contributed by atoms with E-state index >= 15 is 0 Å². The van der Waals surface area contributed by atoms with Crippen LogP contribution in [0.5, 0.6) is 0 Å². The molecule has 0 bridgehead atoms. The summed E-state index contributed by atoms with van der Waals surface area (Å²) in [5, 5.41) is 2.86. The van der Waals surface area contributed by atoms with Gasteiger partial charge in [-0.2, -0.15) is 4.99 Å². The Bertz CT molecular complexity index is 577. The van der Waals surface area contributed by atoms with Gasteiger partial charge in [0, 0.05) is 10.9 Å². The second-order valence-corrected chi connectivity index (χ2v) is 3.31. The zero-order valence-corrected chi connectivity index (χ0v) is 8.84. The van der Waals surface area contributed by atoms with Crippen LogP contribution in [-0.2, 0) is 0 Å². The zero-order valence-electron chi connectivity index (χ0n) is 8.02. The number of aromatic nitrogens is 1. The molecule has 0 unspecified atom stereocenters. The summed E-state index contributed by atoms with van der Waals surface area (Å²) < 4.78 is 24.9. The maximum atomic E-state index is 12.4. The Kier molecular flexibility index (Phi) is 2.99. The second kappa shape index (κ2) is 4.43. The normalized spacial score (nSPS) is 10.4. The van der Waals surface area contributed by atoms with Gasteiger partial charge in [-0.15, -0.1) is 0 Å². The Morgan fingerprint density at radius 1 is 1.25 bits per heavy atom. The number of hydrogen-bond acceptors (Lipinski definition) is 3. The predicted molar refractivity (Wildman–Crippen MR) is 61.4 cm³/mol. The number of hydrogen-bond donors (Lipinski definition) is 0. The number of halogens is 2. The average Bonchev–Trinajstić information content (AvgIpc) is 2.28. The van der Waals surface area contributed by atoms with Crippen LogP contribution in [0.3, 0.4) is 0 Å². The summed E-state index contributed by atoms with van der Waals surface area (Å²) in [6.45, 7) is 0. The highest BCUT2D eigenvalue weighted by molar-refractivity contribution is 7.78. The van der Waals surface area contributed by atoms with Gasteiger partial charge in [0.15, 0.2) is 5.82 Å². The first-order valence-corrected chi connectivity index (χ1v) is 4.88. The molecule has 0 fully saturated rings. The summed E-state index contributed by atoms with van der Waals surface area (Å²) in [6, 6.07) is 7.60. The van der Waals surface area contributed by atoms with Gasteiger partial charge in [-0.25, -0.2) is 13.8 Å². The molecule has 0 spiro atoms. The van der Waals surface area contributed by atoms with Gasteiger partial charge < -0.3 is 0 Å². The number of pyridine rings is 1. The van der Waals surface area contributed by atoms with Crippen molar-refractivity contribution in [3.05, 3.63) is 35.9 Å². The minimum Gasteiger partial charge on any atom is -0.228 e. The molecule has 0 aliphatic carbocycles. The number of thiocarbonyl (C=S) groups is 1. The lowest BCUT2D eigenvalue weighted by molar-refractivity contribution is 0.151. The Hall–Kier alpha value is -1.71. The lowest BCUT2D eigenvalue weighted by atomic mass is 10.1. The van der Waals surface area contributed by atoms with Crippen molar-refractivity contribution in [2.75, 3.05) is 0 Å². The zero-order chi connectivity index (χ0) is 11.5. The maximum absolute atomic E-state index is 12.4. The van der Waals surface area contributed by atoms with Crippen LogP contribution in [0.1, 0.15) is 12.0 Å². The van der Waals surface area contributed by atoms with Gasteiger partial charge in [-0.1, -0.05) is 6.07 Å². The first-order chi connectivity index (χ1) is 7.70. The molecule has 0 radical (unpaired) electrons. The minimum atomic E-state index is -2.47. The molecular weight excluding hydrogens is 230 g/mol. The third-order valence-corrected chi connectivity index (χ3v) is 2.20. The van der Waals surface area contributed by atoms with E-state index in [2.05, 4.69) is 27.4 Å². The van der Waals surface area contributed by atoms with Crippen molar-refractivity contribution in [1.82, 2.24) is 4.98 Å². The number of alkyl halides is 2. The fourth-order valence-electron chi connectivity index (χ4n) is 1.38. The van der Waals surface area contributed by atoms with Crippen LogP contribution in [-0.4, -0.2) is 10.1 Å². The summed E-state index contributed by atoms with van der Waals surface area (Å²) in [5.41, 5.74) is 0.594. The highest BCUT2D eigenvalue weighted by Crippen LogP contribution is 2.24. The first-order valence-electron chi connectivity index (χ1n) is 4.47. The molecule has 1 aromatic heterocycles. The molecule has 2 rings (SSSR count). The summed E-state index contributed by atoms with van der Waals surface area (Å²) >= 11 is 4.46. The van der Waals surface area contributed by atoms with Crippen LogP contribution in [0.25, 0.3) is 10.9 Å². The molecule has 2 nitrogen and oxygen atoms in total. The van der Waals surface area contributed by atoms with Crippen molar-refractivity contribution in [3.8, 4) is 0 Å². The van der Waals surface area contributed by atoms with Crippen molar-refractivity contribution >= 4 is 34.1 Å². The van der Waals surface area contributed by atoms with Gasteiger partial charge in [0.25, 0.3) is 6.43 Å². The van der Waals surface area contributed by atoms with E-state index in [1.165, 1.54) is 12.1 Å². The number of aliphatic imine (C=N–C) groups is 1. The number of fused-ring (bicyclic) bond motifs is 1. The SMILES string of the molecule is FC(F)c1ccc2nc(N=C=S)ccc2c1. The van der Waals surface area contributed by atoms with Crippen LogP contribution in [0, 0.1) is 0 Å². The minimum absolute atomic E-state index is 0.0135. The summed E-state index contributed by atoms with van der Waals surface area (Å²) in [5.74, 6) is 0.423. The van der Waals surface area contributed by atoms with Gasteiger partial charge in [0.2, 0.25) is 0 Å². The Morgan fingerprint density at radius 2 is 2.06 bits per heavy atom. The number of benzene rings is 1. The summed E-state index contributed by atoms with van der Waals surface area (Å²) in [6.07, 6.45) is -2.47. The van der Waals surface area contributed by atoms with Gasteiger partial charge in [-0.05, 0) is 36.5 Å². The molecule has 0 aliphatic heterocycles. The fourth-order valence-corrected chi connectivity index (χ4v) is 1.47. The molecule has 0 N–H and O–H groups in total. The third-order valence-electron chi connectivity index (χ3n) is 2.11. The molecule has 0 saturated heterocycles. The highest BCUT2D eigenvalue weighted by atomic mass is 32.1. The number of isothiocyanates is 1. The van der Waals surface area contributed by atoms with Crippen LogP contribution in [0.15, 0.2) is 35.3 Å². The average molecular weight is 236 g/mol. The van der Waals surface area contributed by atoms with E-state index < -0.39 is 6.43 Å². The summed E-state index contributed by atoms with van der Waals surface area (Å²) in [7, 11) is 0. The van der Waals surface area contributed by atoms with Gasteiger partial charge in [0.1, 0.15) is 0 Å². The lowest BCUT2D eigenvalue weighted by Crippen LogP contribution is -1.85. The Balaban J connectivity index is 2.56. The number of nitrogens with zero attached hydrogens (tertiary/aromatic N) is 2. The van der Waals surface area contributed by atoms with Gasteiger partial charge in [0.05, 0.1) is 10.7 Å². The molecular formula is C11H6F2N2S. The van der Waals surface area contributed by atoms with Crippen LogP contribution < -0.4 is 0 Å². The number of rotatable bonds is 2. The topological polar surface area (TPSA) is 25.2 Å². The van der Waals surface area contributed by atoms with Crippen LogP contribution in [0.4, 0.5) is 14.6 Å². The molecule has 1 aromatic carbocycles. The van der Waals surface area contributed by atoms with Crippen molar-refractivity contribution in [3.63, 3.8) is 0 Å². The molecule has 1 heterocycles. The largest absolute Gasteiger partial charge is 0.263 e. The third kappa shape index (κ3) is 2.10. The second-order valence-electron chi connectivity index (χ2n) is 3.13. The summed E-state index contributed by atoms with van der Waals surface area (Å²) in [4.78, 5) is 7.84. The smallest absolute Gasteiger partial charge is 0.228 e.